The highest BCUT2D eigenvalue weighted by Gasteiger charge is 2.31. The Kier molecular flexibility index (Phi) is 4.53. The van der Waals surface area contributed by atoms with Gasteiger partial charge in [0.1, 0.15) is 5.82 Å². The van der Waals surface area contributed by atoms with Gasteiger partial charge >= 0.3 is 18.2 Å². The summed E-state index contributed by atoms with van der Waals surface area (Å²) in [5, 5.41) is 11.2. The molecule has 0 bridgehead atoms. The molecule has 1 aromatic rings. The van der Waals surface area contributed by atoms with Crippen molar-refractivity contribution in [1.82, 2.24) is 9.88 Å². The zero-order chi connectivity index (χ0) is 16.3. The topological polar surface area (TPSA) is 82.5 Å². The van der Waals surface area contributed by atoms with Crippen molar-refractivity contribution in [3.05, 3.63) is 23.9 Å². The van der Waals surface area contributed by atoms with Gasteiger partial charge < -0.3 is 10.0 Å². The molecular weight excluding hydrogens is 303 g/mol. The maximum atomic E-state index is 12.6. The summed E-state index contributed by atoms with van der Waals surface area (Å²) in [5.41, 5.74) is -0.901. The van der Waals surface area contributed by atoms with Crippen LogP contribution >= 0.6 is 0 Å². The van der Waals surface area contributed by atoms with E-state index in [-0.39, 0.29) is 18.9 Å². The van der Waals surface area contributed by atoms with E-state index in [0.717, 1.165) is 18.3 Å². The van der Waals surface area contributed by atoms with Crippen LogP contribution in [-0.4, -0.2) is 40.1 Å². The zero-order valence-corrected chi connectivity index (χ0v) is 11.4. The van der Waals surface area contributed by atoms with E-state index in [1.165, 1.54) is 4.90 Å². The van der Waals surface area contributed by atoms with Gasteiger partial charge in [0.2, 0.25) is 0 Å². The molecule has 0 aliphatic carbocycles. The molecule has 1 aliphatic rings. The van der Waals surface area contributed by atoms with Gasteiger partial charge in [-0.15, -0.1) is 0 Å². The van der Waals surface area contributed by atoms with Gasteiger partial charge in [0.25, 0.3) is 0 Å². The summed E-state index contributed by atoms with van der Waals surface area (Å²) in [6.07, 6.45) is -2.91. The smallest absolute Gasteiger partial charge is 0.416 e. The maximum Gasteiger partial charge on any atom is 0.416 e. The van der Waals surface area contributed by atoms with Crippen LogP contribution in [0.3, 0.4) is 0 Å². The Hall–Kier alpha value is -2.32. The SMILES string of the molecule is O=C(O)C1CCN(C(=O)Nc2cc(C(F)(F)F)ccn2)CC1. The van der Waals surface area contributed by atoms with E-state index in [2.05, 4.69) is 10.3 Å². The number of rotatable bonds is 2. The molecule has 1 aliphatic heterocycles. The summed E-state index contributed by atoms with van der Waals surface area (Å²) in [6.45, 7) is 0.476. The number of nitrogens with one attached hydrogen (secondary N) is 1. The summed E-state index contributed by atoms with van der Waals surface area (Å²) < 4.78 is 37.7. The molecule has 120 valence electrons. The third-order valence-electron chi connectivity index (χ3n) is 3.45. The molecule has 22 heavy (non-hydrogen) atoms. The van der Waals surface area contributed by atoms with Gasteiger partial charge in [0.15, 0.2) is 0 Å². The number of carboxylic acid groups (broad SMARTS) is 1. The van der Waals surface area contributed by atoms with Crippen LogP contribution in [0.15, 0.2) is 18.3 Å². The summed E-state index contributed by atoms with van der Waals surface area (Å²) in [5.74, 6) is -1.59. The van der Waals surface area contributed by atoms with E-state index < -0.39 is 29.7 Å². The van der Waals surface area contributed by atoms with Crippen LogP contribution in [0.2, 0.25) is 0 Å². The molecule has 1 fully saturated rings. The predicted octanol–water partition coefficient (Wildman–Crippen LogP) is 2.43. The number of aromatic nitrogens is 1. The molecule has 0 unspecified atom stereocenters. The van der Waals surface area contributed by atoms with Crippen molar-refractivity contribution in [2.45, 2.75) is 19.0 Å². The lowest BCUT2D eigenvalue weighted by Crippen LogP contribution is -2.42. The molecule has 2 amide bonds. The molecule has 6 nitrogen and oxygen atoms in total. The molecule has 1 aromatic heterocycles. The fourth-order valence-electron chi connectivity index (χ4n) is 2.19. The van der Waals surface area contributed by atoms with Crippen LogP contribution in [0.25, 0.3) is 0 Å². The van der Waals surface area contributed by atoms with E-state index in [9.17, 15) is 22.8 Å². The third kappa shape index (κ3) is 3.86. The van der Waals surface area contributed by atoms with E-state index in [1.54, 1.807) is 0 Å². The van der Waals surface area contributed by atoms with Crippen LogP contribution in [0.1, 0.15) is 18.4 Å². The fraction of sp³-hybridized carbons (Fsp3) is 0.462. The highest BCUT2D eigenvalue weighted by atomic mass is 19.4. The number of piperidine rings is 1. The monoisotopic (exact) mass is 317 g/mol. The fourth-order valence-corrected chi connectivity index (χ4v) is 2.19. The second kappa shape index (κ2) is 6.20. The van der Waals surface area contributed by atoms with E-state index >= 15 is 0 Å². The van der Waals surface area contributed by atoms with Gasteiger partial charge in [-0.25, -0.2) is 9.78 Å². The summed E-state index contributed by atoms with van der Waals surface area (Å²) in [6, 6.07) is 0.978. The second-order valence-corrected chi connectivity index (χ2v) is 4.96. The Balaban J connectivity index is 1.97. The molecule has 2 N–H and O–H groups in total. The highest BCUT2D eigenvalue weighted by Crippen LogP contribution is 2.30. The van der Waals surface area contributed by atoms with Gasteiger partial charge in [0, 0.05) is 19.3 Å². The van der Waals surface area contributed by atoms with Crippen LogP contribution in [0.4, 0.5) is 23.8 Å². The number of hydrogen-bond donors (Lipinski definition) is 2. The summed E-state index contributed by atoms with van der Waals surface area (Å²) in [4.78, 5) is 27.8. The van der Waals surface area contributed by atoms with Crippen molar-refractivity contribution in [3.8, 4) is 0 Å². The molecule has 0 atom stereocenters. The minimum absolute atomic E-state index is 0.194. The first kappa shape index (κ1) is 16.1. The van der Waals surface area contributed by atoms with Gasteiger partial charge in [-0.1, -0.05) is 0 Å². The van der Waals surface area contributed by atoms with E-state index in [1.807, 2.05) is 0 Å². The minimum Gasteiger partial charge on any atom is -0.481 e. The number of carbonyl (C=O) groups excluding carboxylic acids is 1. The highest BCUT2D eigenvalue weighted by molar-refractivity contribution is 5.88. The standard InChI is InChI=1S/C13H14F3N3O3/c14-13(15,16)9-1-4-17-10(7-9)18-12(22)19-5-2-8(3-6-19)11(20)21/h1,4,7-8H,2-3,5-6H2,(H,20,21)(H,17,18,22). The molecule has 0 saturated carbocycles. The van der Waals surface area contributed by atoms with E-state index in [0.29, 0.717) is 12.8 Å². The third-order valence-corrected chi connectivity index (χ3v) is 3.45. The number of halogens is 3. The number of amides is 2. The Morgan fingerprint density at radius 3 is 2.50 bits per heavy atom. The van der Waals surface area contributed by atoms with Gasteiger partial charge in [-0.2, -0.15) is 13.2 Å². The lowest BCUT2D eigenvalue weighted by molar-refractivity contribution is -0.143. The molecule has 2 rings (SSSR count). The lowest BCUT2D eigenvalue weighted by atomic mass is 9.97. The molecule has 2 heterocycles. The number of carbonyl (C=O) groups is 2. The number of likely N-dealkylation sites (tertiary alicyclic amines) is 1. The first-order valence-electron chi connectivity index (χ1n) is 6.59. The van der Waals surface area contributed by atoms with Crippen molar-refractivity contribution in [1.29, 1.82) is 0 Å². The first-order valence-corrected chi connectivity index (χ1v) is 6.59. The van der Waals surface area contributed by atoms with Crippen LogP contribution < -0.4 is 5.32 Å². The summed E-state index contributed by atoms with van der Waals surface area (Å²) >= 11 is 0. The number of nitrogens with zero attached hydrogens (tertiary/aromatic N) is 2. The largest absolute Gasteiger partial charge is 0.481 e. The number of pyridine rings is 1. The lowest BCUT2D eigenvalue weighted by Gasteiger charge is -2.30. The average Bonchev–Trinajstić information content (AvgIpc) is 2.46. The number of aliphatic carboxylic acids is 1. The second-order valence-electron chi connectivity index (χ2n) is 4.96. The number of carboxylic acids is 1. The summed E-state index contributed by atoms with van der Waals surface area (Å²) in [7, 11) is 0. The minimum atomic E-state index is -4.51. The number of alkyl halides is 3. The Morgan fingerprint density at radius 2 is 1.95 bits per heavy atom. The van der Waals surface area contributed by atoms with Crippen molar-refractivity contribution in [3.63, 3.8) is 0 Å². The normalized spacial score (nSPS) is 16.4. The van der Waals surface area contributed by atoms with Gasteiger partial charge in [-0.3, -0.25) is 10.1 Å². The molecule has 0 spiro atoms. The molecule has 0 aromatic carbocycles. The van der Waals surface area contributed by atoms with E-state index in [4.69, 9.17) is 5.11 Å². The van der Waals surface area contributed by atoms with Crippen molar-refractivity contribution in [2.75, 3.05) is 18.4 Å². The number of urea groups is 1. The van der Waals surface area contributed by atoms with Crippen LogP contribution in [0.5, 0.6) is 0 Å². The zero-order valence-electron chi connectivity index (χ0n) is 11.4. The molecule has 1 saturated heterocycles. The maximum absolute atomic E-state index is 12.6. The Morgan fingerprint density at radius 1 is 1.32 bits per heavy atom. The molecule has 0 radical (unpaired) electrons. The van der Waals surface area contributed by atoms with Crippen molar-refractivity contribution in [2.24, 2.45) is 5.92 Å². The quantitative estimate of drug-likeness (QED) is 0.877. The van der Waals surface area contributed by atoms with Crippen LogP contribution in [-0.2, 0) is 11.0 Å². The number of anilines is 1. The predicted molar refractivity (Wildman–Crippen MR) is 70.2 cm³/mol. The van der Waals surface area contributed by atoms with Crippen molar-refractivity contribution >= 4 is 17.8 Å². The van der Waals surface area contributed by atoms with Crippen LogP contribution in [0, 0.1) is 5.92 Å². The van der Waals surface area contributed by atoms with Gasteiger partial charge in [-0.05, 0) is 25.0 Å². The molecular formula is C13H14F3N3O3. The Bertz CT molecular complexity index is 569. The molecule has 9 heteroatoms. The van der Waals surface area contributed by atoms with Crippen molar-refractivity contribution < 1.29 is 27.9 Å². The number of hydrogen-bond acceptors (Lipinski definition) is 3. The first-order chi connectivity index (χ1) is 10.3. The average molecular weight is 317 g/mol. The Labute approximate surface area is 123 Å². The van der Waals surface area contributed by atoms with Gasteiger partial charge in [0.05, 0.1) is 11.5 Å².